The minimum absolute atomic E-state index is 0.0373. The summed E-state index contributed by atoms with van der Waals surface area (Å²) in [6, 6.07) is 0. The summed E-state index contributed by atoms with van der Waals surface area (Å²) in [5.74, 6) is 0.139. The first-order valence-corrected chi connectivity index (χ1v) is 24.2. The van der Waals surface area contributed by atoms with Crippen LogP contribution in [0.2, 0.25) is 0 Å². The predicted octanol–water partition coefficient (Wildman–Crippen LogP) is 1.17. The summed E-state index contributed by atoms with van der Waals surface area (Å²) in [7, 11) is 0. The third kappa shape index (κ3) is 7.90. The van der Waals surface area contributed by atoms with E-state index in [1.54, 1.807) is 0 Å². The van der Waals surface area contributed by atoms with Gasteiger partial charge in [0.05, 0.1) is 30.8 Å². The molecule has 0 bridgehead atoms. The van der Waals surface area contributed by atoms with Crippen molar-refractivity contribution in [2.75, 3.05) is 13.2 Å². The number of allylic oxidation sites excluding steroid dienone is 2. The highest BCUT2D eigenvalue weighted by atomic mass is 16.8. The number of carbonyl (C=O) groups excluding carboxylic acids is 1. The van der Waals surface area contributed by atoms with Gasteiger partial charge in [0.15, 0.2) is 12.6 Å². The van der Waals surface area contributed by atoms with E-state index in [9.17, 15) is 55.9 Å². The summed E-state index contributed by atoms with van der Waals surface area (Å²) in [5.41, 5.74) is -0.0204. The van der Waals surface area contributed by atoms with Crippen molar-refractivity contribution in [1.29, 1.82) is 0 Å². The summed E-state index contributed by atoms with van der Waals surface area (Å²) in [5, 5.41) is 108. The number of esters is 1. The van der Waals surface area contributed by atoms with E-state index in [2.05, 4.69) is 54.5 Å². The molecule has 7 fully saturated rings. The van der Waals surface area contributed by atoms with Crippen molar-refractivity contribution in [2.45, 2.75) is 218 Å². The van der Waals surface area contributed by atoms with Gasteiger partial charge in [0.1, 0.15) is 67.1 Å². The summed E-state index contributed by atoms with van der Waals surface area (Å²) in [6.07, 6.45) is -13.7. The van der Waals surface area contributed by atoms with Crippen molar-refractivity contribution < 1.29 is 84.3 Å². The Kier molecular flexibility index (Phi) is 13.4. The summed E-state index contributed by atoms with van der Waals surface area (Å²) in [6.45, 7) is 16.4. The fourth-order valence-corrected chi connectivity index (χ4v) is 14.8. The van der Waals surface area contributed by atoms with Crippen LogP contribution in [0.15, 0.2) is 11.6 Å². The molecule has 8 rings (SSSR count). The lowest BCUT2D eigenvalue weighted by Gasteiger charge is -2.71. The molecule has 65 heavy (non-hydrogen) atoms. The number of aliphatic hydroxyl groups is 10. The van der Waals surface area contributed by atoms with Crippen LogP contribution in [0.4, 0.5) is 0 Å². The Labute approximate surface area is 382 Å². The highest BCUT2D eigenvalue weighted by molar-refractivity contribution is 5.79. The van der Waals surface area contributed by atoms with E-state index in [1.807, 2.05) is 0 Å². The van der Waals surface area contributed by atoms with Crippen LogP contribution in [-0.4, -0.2) is 168 Å². The second-order valence-electron chi connectivity index (χ2n) is 23.5. The third-order valence-electron chi connectivity index (χ3n) is 19.3. The molecular formula is C48H78O17. The lowest BCUT2D eigenvalue weighted by atomic mass is 9.33. The van der Waals surface area contributed by atoms with Crippen molar-refractivity contribution in [3.05, 3.63) is 11.6 Å². The van der Waals surface area contributed by atoms with Gasteiger partial charge in [0.25, 0.3) is 0 Å². The maximum Gasteiger partial charge on any atom is 0.315 e. The third-order valence-corrected chi connectivity index (χ3v) is 19.3. The molecule has 17 nitrogen and oxygen atoms in total. The number of fused-ring (bicyclic) bond motifs is 7. The lowest BCUT2D eigenvalue weighted by molar-refractivity contribution is -0.361. The Morgan fingerprint density at radius 1 is 0.677 bits per heavy atom. The molecule has 0 amide bonds. The Balaban J connectivity index is 0.973. The molecule has 0 aromatic rings. The Morgan fingerprint density at radius 2 is 1.31 bits per heavy atom. The molecule has 0 aromatic heterocycles. The van der Waals surface area contributed by atoms with E-state index < -0.39 is 117 Å². The average molecular weight is 927 g/mol. The van der Waals surface area contributed by atoms with E-state index in [0.29, 0.717) is 24.7 Å². The molecule has 5 aliphatic carbocycles. The SMILES string of the molecule is C[C@H]1O[C@@H](O[C@@H]2[C@H](O)[C@H](O)[C@H](OC[C@@H]3O[C@@H](OC(=O)[C@]45CCC(C)(C)C[C@H]4C4=CC[C@@H]6[C@]7(C)CC[C@H](O)C(C)(C)[C@H]7CC[C@]6(C)[C@@]4(C)CC5)[C@@H](O)[C@H](O)[C@H]3O)O[C@@H]2CO)[C@H](O)[C@H](O)[C@H]1O. The minimum atomic E-state index is -1.84. The van der Waals surface area contributed by atoms with Gasteiger partial charge in [0.2, 0.25) is 6.29 Å². The van der Waals surface area contributed by atoms with Gasteiger partial charge in [0, 0.05) is 0 Å². The van der Waals surface area contributed by atoms with E-state index in [-0.39, 0.29) is 39.1 Å². The molecule has 3 saturated heterocycles. The van der Waals surface area contributed by atoms with Crippen LogP contribution in [-0.2, 0) is 33.2 Å². The zero-order valence-corrected chi connectivity index (χ0v) is 39.4. The van der Waals surface area contributed by atoms with Crippen LogP contribution in [0, 0.1) is 50.2 Å². The monoisotopic (exact) mass is 927 g/mol. The maximum atomic E-state index is 14.9. The first-order chi connectivity index (χ1) is 30.3. The van der Waals surface area contributed by atoms with Crippen LogP contribution in [0.5, 0.6) is 0 Å². The van der Waals surface area contributed by atoms with E-state index >= 15 is 0 Å². The largest absolute Gasteiger partial charge is 0.432 e. The van der Waals surface area contributed by atoms with Gasteiger partial charge < -0.3 is 79.5 Å². The zero-order chi connectivity index (χ0) is 47.6. The fourth-order valence-electron chi connectivity index (χ4n) is 14.8. The van der Waals surface area contributed by atoms with Crippen molar-refractivity contribution in [3.63, 3.8) is 0 Å². The number of carbonyl (C=O) groups is 1. The molecule has 3 aliphatic heterocycles. The van der Waals surface area contributed by atoms with Gasteiger partial charge >= 0.3 is 5.97 Å². The summed E-state index contributed by atoms with van der Waals surface area (Å²) >= 11 is 0. The molecule has 372 valence electrons. The van der Waals surface area contributed by atoms with Gasteiger partial charge in [-0.2, -0.15) is 0 Å². The number of hydrogen-bond donors (Lipinski definition) is 10. The fraction of sp³-hybridized carbons (Fsp3) is 0.938. The Hall–Kier alpha value is -1.39. The molecule has 0 unspecified atom stereocenters. The molecular weight excluding hydrogens is 849 g/mol. The standard InChI is InChI=1S/C48H78O17/c1-22-30(51)32(53)35(56)40(61-22)64-38-25(20-49)62-39(37(58)34(38)55)60-21-26-31(52)33(54)36(57)41(63-26)65-42(59)48-17-15-43(2,3)19-24(48)23-9-10-28-45(6)13-12-29(50)44(4,5)27(45)11-14-47(28,8)46(23,7)16-18-48/h9,22,24-41,49-58H,10-21H2,1-8H3/t22-,24+,25-,26+,27-,28-,29+,30+,31+,32-,33-,34-,35-,36+,37+,38+,39-,40+,41+,45-,46+,47+,48+/m1/s1. The predicted molar refractivity (Wildman–Crippen MR) is 229 cm³/mol. The van der Waals surface area contributed by atoms with E-state index in [0.717, 1.165) is 51.4 Å². The highest BCUT2D eigenvalue weighted by Crippen LogP contribution is 2.76. The van der Waals surface area contributed by atoms with Crippen LogP contribution in [0.1, 0.15) is 120 Å². The van der Waals surface area contributed by atoms with Crippen molar-refractivity contribution in [3.8, 4) is 0 Å². The molecule has 23 atom stereocenters. The van der Waals surface area contributed by atoms with Crippen molar-refractivity contribution in [1.82, 2.24) is 0 Å². The second kappa shape index (κ2) is 17.5. The maximum absolute atomic E-state index is 14.9. The van der Waals surface area contributed by atoms with E-state index in [4.69, 9.17) is 28.4 Å². The minimum Gasteiger partial charge on any atom is -0.432 e. The van der Waals surface area contributed by atoms with Crippen molar-refractivity contribution in [2.24, 2.45) is 50.2 Å². The Bertz CT molecular complexity index is 1780. The Morgan fingerprint density at radius 3 is 2.00 bits per heavy atom. The van der Waals surface area contributed by atoms with Crippen molar-refractivity contribution >= 4 is 5.97 Å². The summed E-state index contributed by atoms with van der Waals surface area (Å²) < 4.78 is 34.8. The number of hydrogen-bond acceptors (Lipinski definition) is 17. The molecule has 10 N–H and O–H groups in total. The smallest absolute Gasteiger partial charge is 0.315 e. The molecule has 17 heteroatoms. The average Bonchev–Trinajstić information content (AvgIpc) is 3.25. The number of ether oxygens (including phenoxy) is 6. The van der Waals surface area contributed by atoms with Crippen LogP contribution in [0.3, 0.4) is 0 Å². The molecule has 4 saturated carbocycles. The van der Waals surface area contributed by atoms with Crippen LogP contribution < -0.4 is 0 Å². The highest BCUT2D eigenvalue weighted by Gasteiger charge is 2.70. The van der Waals surface area contributed by atoms with Gasteiger partial charge in [-0.05, 0) is 116 Å². The van der Waals surface area contributed by atoms with E-state index in [1.165, 1.54) is 12.5 Å². The van der Waals surface area contributed by atoms with Gasteiger partial charge in [-0.3, -0.25) is 4.79 Å². The molecule has 0 aromatic carbocycles. The van der Waals surface area contributed by atoms with Gasteiger partial charge in [-0.25, -0.2) is 0 Å². The normalized spacial score (nSPS) is 53.9. The van der Waals surface area contributed by atoms with Gasteiger partial charge in [-0.1, -0.05) is 60.1 Å². The topological polar surface area (TPSA) is 275 Å². The first-order valence-electron chi connectivity index (χ1n) is 24.2. The quantitative estimate of drug-likeness (QED) is 0.121. The number of aliphatic hydroxyl groups excluding tert-OH is 10. The van der Waals surface area contributed by atoms with Gasteiger partial charge in [-0.15, -0.1) is 0 Å². The number of rotatable bonds is 8. The second-order valence-corrected chi connectivity index (χ2v) is 23.5. The van der Waals surface area contributed by atoms with Crippen LogP contribution >= 0.6 is 0 Å². The molecule has 8 aliphatic rings. The molecule has 0 radical (unpaired) electrons. The zero-order valence-electron chi connectivity index (χ0n) is 39.4. The molecule has 0 spiro atoms. The van der Waals surface area contributed by atoms with Crippen LogP contribution in [0.25, 0.3) is 0 Å². The summed E-state index contributed by atoms with van der Waals surface area (Å²) in [4.78, 5) is 14.9. The lowest BCUT2D eigenvalue weighted by Crippen LogP contribution is -2.65. The molecule has 3 heterocycles. The first kappa shape index (κ1) is 50.0.